The first-order chi connectivity index (χ1) is 9.20. The lowest BCUT2D eigenvalue weighted by Crippen LogP contribution is -2.42. The van der Waals surface area contributed by atoms with Gasteiger partial charge < -0.3 is 15.3 Å². The van der Waals surface area contributed by atoms with E-state index in [-0.39, 0.29) is 0 Å². The van der Waals surface area contributed by atoms with Crippen LogP contribution < -0.4 is 5.73 Å². The summed E-state index contributed by atoms with van der Waals surface area (Å²) in [6, 6.07) is 9.69. The number of methoxy groups -OCH3 is 1. The summed E-state index contributed by atoms with van der Waals surface area (Å²) in [5.74, 6) is -0.396. The highest BCUT2D eigenvalue weighted by Crippen LogP contribution is 2.30. The molecule has 102 valence electrons. The highest BCUT2D eigenvalue weighted by molar-refractivity contribution is 5.94. The van der Waals surface area contributed by atoms with E-state index in [1.165, 1.54) is 7.11 Å². The zero-order valence-electron chi connectivity index (χ0n) is 11.0. The van der Waals surface area contributed by atoms with Crippen LogP contribution in [0.4, 0.5) is 0 Å². The molecule has 1 aromatic carbocycles. The lowest BCUT2D eigenvalue weighted by molar-refractivity contribution is -0.166. The van der Waals surface area contributed by atoms with Crippen LogP contribution in [-0.2, 0) is 20.8 Å². The topological polar surface area (TPSA) is 73.9 Å². The van der Waals surface area contributed by atoms with E-state index in [1.54, 1.807) is 0 Å². The van der Waals surface area contributed by atoms with Gasteiger partial charge in [0, 0.05) is 19.3 Å². The molecule has 1 heterocycles. The standard InChI is InChI=1S/C14H18N2O3/c1-18-13(17)14(9-11-5-3-2-4-6-11)10-12(7-8-15)16-19-14/h2-6H,7-10,15H2,1H3. The van der Waals surface area contributed by atoms with Gasteiger partial charge in [-0.05, 0) is 12.1 Å². The molecule has 0 radical (unpaired) electrons. The largest absolute Gasteiger partial charge is 0.466 e. The van der Waals surface area contributed by atoms with E-state index in [0.29, 0.717) is 25.8 Å². The van der Waals surface area contributed by atoms with Gasteiger partial charge in [-0.2, -0.15) is 0 Å². The van der Waals surface area contributed by atoms with Crippen molar-refractivity contribution < 1.29 is 14.4 Å². The average Bonchev–Trinajstić information content (AvgIpc) is 2.84. The molecule has 2 N–H and O–H groups in total. The lowest BCUT2D eigenvalue weighted by atomic mass is 9.89. The SMILES string of the molecule is COC(=O)C1(Cc2ccccc2)CC(CCN)=NO1. The monoisotopic (exact) mass is 262 g/mol. The van der Waals surface area contributed by atoms with Gasteiger partial charge in [0.2, 0.25) is 5.60 Å². The first kappa shape index (κ1) is 13.5. The fraction of sp³-hybridized carbons (Fsp3) is 0.429. The zero-order chi connectivity index (χ0) is 13.7. The number of ether oxygens (including phenoxy) is 1. The zero-order valence-corrected chi connectivity index (χ0v) is 11.0. The molecule has 1 unspecified atom stereocenters. The van der Waals surface area contributed by atoms with Crippen molar-refractivity contribution in [1.82, 2.24) is 0 Å². The van der Waals surface area contributed by atoms with Crippen LogP contribution in [0.25, 0.3) is 0 Å². The van der Waals surface area contributed by atoms with Gasteiger partial charge in [-0.25, -0.2) is 4.79 Å². The van der Waals surface area contributed by atoms with E-state index in [2.05, 4.69) is 5.16 Å². The number of nitrogens with zero attached hydrogens (tertiary/aromatic N) is 1. The van der Waals surface area contributed by atoms with Crippen LogP contribution in [0.3, 0.4) is 0 Å². The predicted octanol–water partition coefficient (Wildman–Crippen LogP) is 1.27. The van der Waals surface area contributed by atoms with Crippen molar-refractivity contribution in [3.63, 3.8) is 0 Å². The Morgan fingerprint density at radius 1 is 1.47 bits per heavy atom. The quantitative estimate of drug-likeness (QED) is 0.811. The van der Waals surface area contributed by atoms with Crippen molar-refractivity contribution in [3.05, 3.63) is 35.9 Å². The number of hydrogen-bond donors (Lipinski definition) is 1. The Balaban J connectivity index is 2.17. The van der Waals surface area contributed by atoms with Crippen molar-refractivity contribution in [2.75, 3.05) is 13.7 Å². The summed E-state index contributed by atoms with van der Waals surface area (Å²) in [6.07, 6.45) is 1.51. The molecule has 0 spiro atoms. The van der Waals surface area contributed by atoms with Crippen molar-refractivity contribution >= 4 is 11.7 Å². The molecular formula is C14H18N2O3. The molecule has 1 aliphatic rings. The van der Waals surface area contributed by atoms with Gasteiger partial charge in [0.25, 0.3) is 0 Å². The first-order valence-corrected chi connectivity index (χ1v) is 6.26. The average molecular weight is 262 g/mol. The summed E-state index contributed by atoms with van der Waals surface area (Å²) in [4.78, 5) is 17.5. The molecule has 2 rings (SSSR count). The maximum atomic E-state index is 12.0. The maximum absolute atomic E-state index is 12.0. The lowest BCUT2D eigenvalue weighted by Gasteiger charge is -2.23. The second kappa shape index (κ2) is 5.84. The molecule has 0 fully saturated rings. The first-order valence-electron chi connectivity index (χ1n) is 6.26. The molecular weight excluding hydrogens is 244 g/mol. The van der Waals surface area contributed by atoms with E-state index >= 15 is 0 Å². The summed E-state index contributed by atoms with van der Waals surface area (Å²) >= 11 is 0. The van der Waals surface area contributed by atoms with Crippen molar-refractivity contribution in [2.45, 2.75) is 24.9 Å². The minimum atomic E-state index is -1.04. The van der Waals surface area contributed by atoms with E-state index in [0.717, 1.165) is 11.3 Å². The van der Waals surface area contributed by atoms with Crippen molar-refractivity contribution in [1.29, 1.82) is 0 Å². The van der Waals surface area contributed by atoms with Crippen molar-refractivity contribution in [2.24, 2.45) is 10.9 Å². The summed E-state index contributed by atoms with van der Waals surface area (Å²) in [6.45, 7) is 0.491. The highest BCUT2D eigenvalue weighted by Gasteiger charge is 2.47. The van der Waals surface area contributed by atoms with E-state index in [4.69, 9.17) is 15.3 Å². The predicted molar refractivity (Wildman–Crippen MR) is 71.7 cm³/mol. The Morgan fingerprint density at radius 2 is 2.21 bits per heavy atom. The molecule has 0 saturated heterocycles. The van der Waals surface area contributed by atoms with Gasteiger partial charge in [-0.3, -0.25) is 0 Å². The van der Waals surface area contributed by atoms with Gasteiger partial charge in [0.15, 0.2) is 0 Å². The van der Waals surface area contributed by atoms with Crippen LogP contribution in [-0.4, -0.2) is 30.9 Å². The number of carbonyl (C=O) groups is 1. The van der Waals surface area contributed by atoms with Gasteiger partial charge in [0.05, 0.1) is 12.8 Å². The molecule has 19 heavy (non-hydrogen) atoms. The smallest absolute Gasteiger partial charge is 0.353 e. The van der Waals surface area contributed by atoms with Crippen LogP contribution in [0.5, 0.6) is 0 Å². The molecule has 1 aromatic rings. The third-order valence-corrected chi connectivity index (χ3v) is 3.16. The van der Waals surface area contributed by atoms with Crippen LogP contribution in [0.1, 0.15) is 18.4 Å². The van der Waals surface area contributed by atoms with Gasteiger partial charge >= 0.3 is 5.97 Å². The van der Waals surface area contributed by atoms with Crippen LogP contribution in [0.2, 0.25) is 0 Å². The summed E-state index contributed by atoms with van der Waals surface area (Å²) in [5, 5.41) is 3.98. The molecule has 1 atom stereocenters. The normalized spacial score (nSPS) is 21.7. The number of rotatable bonds is 5. The molecule has 0 saturated carbocycles. The molecule has 0 bridgehead atoms. The maximum Gasteiger partial charge on any atom is 0.353 e. The second-order valence-corrected chi connectivity index (χ2v) is 4.61. The number of benzene rings is 1. The Hall–Kier alpha value is -1.88. The summed E-state index contributed by atoms with van der Waals surface area (Å²) in [5.41, 5.74) is 6.28. The van der Waals surface area contributed by atoms with E-state index in [1.807, 2.05) is 30.3 Å². The molecule has 5 heteroatoms. The molecule has 1 aliphatic heterocycles. The van der Waals surface area contributed by atoms with Crippen LogP contribution in [0.15, 0.2) is 35.5 Å². The Kier molecular flexibility index (Phi) is 4.16. The van der Waals surface area contributed by atoms with Crippen LogP contribution in [0, 0.1) is 0 Å². The summed E-state index contributed by atoms with van der Waals surface area (Å²) < 4.78 is 4.87. The highest BCUT2D eigenvalue weighted by atomic mass is 16.7. The molecule has 0 aliphatic carbocycles. The van der Waals surface area contributed by atoms with E-state index in [9.17, 15) is 4.79 Å². The fourth-order valence-corrected chi connectivity index (χ4v) is 2.23. The number of esters is 1. The molecule has 0 aromatic heterocycles. The fourth-order valence-electron chi connectivity index (χ4n) is 2.23. The number of oxime groups is 1. The number of carbonyl (C=O) groups excluding carboxylic acids is 1. The second-order valence-electron chi connectivity index (χ2n) is 4.61. The van der Waals surface area contributed by atoms with Crippen molar-refractivity contribution in [3.8, 4) is 0 Å². The number of nitrogens with two attached hydrogens (primary N) is 1. The third-order valence-electron chi connectivity index (χ3n) is 3.16. The molecule has 0 amide bonds. The molecule has 5 nitrogen and oxygen atoms in total. The Labute approximate surface area is 112 Å². The van der Waals surface area contributed by atoms with Gasteiger partial charge in [0.1, 0.15) is 0 Å². The summed E-state index contributed by atoms with van der Waals surface area (Å²) in [7, 11) is 1.36. The van der Waals surface area contributed by atoms with Gasteiger partial charge in [-0.15, -0.1) is 0 Å². The minimum absolute atomic E-state index is 0.396. The number of hydrogen-bond acceptors (Lipinski definition) is 5. The van der Waals surface area contributed by atoms with Gasteiger partial charge in [-0.1, -0.05) is 35.5 Å². The van der Waals surface area contributed by atoms with Crippen LogP contribution >= 0.6 is 0 Å². The Morgan fingerprint density at radius 3 is 2.84 bits per heavy atom. The third kappa shape index (κ3) is 2.93. The van der Waals surface area contributed by atoms with E-state index < -0.39 is 11.6 Å². The Bertz CT molecular complexity index is 473. The minimum Gasteiger partial charge on any atom is -0.466 e.